The van der Waals surface area contributed by atoms with Crippen molar-refractivity contribution in [3.63, 3.8) is 0 Å². The highest BCUT2D eigenvalue weighted by Crippen LogP contribution is 2.33. The molecule has 0 amide bonds. The summed E-state index contributed by atoms with van der Waals surface area (Å²) in [5.74, 6) is -0.376. The SMILES string of the molecule is CCN1CCC(c2nn(C(=O)c3ccc(Cl)cc3)c3cc(F)ccc23)CC1.Cl. The third-order valence-electron chi connectivity index (χ3n) is 5.38. The molecular formula is C21H22Cl2FN3O. The largest absolute Gasteiger partial charge is 0.304 e. The van der Waals surface area contributed by atoms with Crippen molar-refractivity contribution in [2.75, 3.05) is 19.6 Å². The summed E-state index contributed by atoms with van der Waals surface area (Å²) in [6, 6.07) is 11.2. The molecular weight excluding hydrogens is 400 g/mol. The molecule has 0 atom stereocenters. The Bertz CT molecular complexity index is 979. The molecule has 1 fully saturated rings. The number of rotatable bonds is 3. The Morgan fingerprint density at radius 3 is 2.50 bits per heavy atom. The smallest absolute Gasteiger partial charge is 0.278 e. The minimum Gasteiger partial charge on any atom is -0.304 e. The molecule has 4 rings (SSSR count). The van der Waals surface area contributed by atoms with Crippen LogP contribution in [0.2, 0.25) is 5.02 Å². The van der Waals surface area contributed by atoms with Gasteiger partial charge in [-0.05, 0) is 68.9 Å². The van der Waals surface area contributed by atoms with Gasteiger partial charge in [0.1, 0.15) is 5.82 Å². The summed E-state index contributed by atoms with van der Waals surface area (Å²) in [6.07, 6.45) is 1.99. The summed E-state index contributed by atoms with van der Waals surface area (Å²) in [5, 5.41) is 6.07. The van der Waals surface area contributed by atoms with E-state index in [1.807, 2.05) is 0 Å². The van der Waals surface area contributed by atoms with Crippen molar-refractivity contribution in [1.29, 1.82) is 0 Å². The molecule has 2 aromatic carbocycles. The first kappa shape index (κ1) is 20.8. The standard InChI is InChI=1S/C21H21ClFN3O.ClH/c1-2-25-11-9-14(10-12-25)20-18-8-7-17(23)13-19(18)26(24-20)21(27)15-3-5-16(22)6-4-15;/h3-8,13-14H,2,9-12H2,1H3;1H. The highest BCUT2D eigenvalue weighted by Gasteiger charge is 2.26. The lowest BCUT2D eigenvalue weighted by Crippen LogP contribution is -2.32. The first-order valence-electron chi connectivity index (χ1n) is 9.27. The van der Waals surface area contributed by atoms with E-state index in [2.05, 4.69) is 16.9 Å². The third-order valence-corrected chi connectivity index (χ3v) is 5.63. The Kier molecular flexibility index (Phi) is 6.38. The highest BCUT2D eigenvalue weighted by molar-refractivity contribution is 6.30. The third kappa shape index (κ3) is 3.93. The Morgan fingerprint density at radius 1 is 1.18 bits per heavy atom. The second-order valence-electron chi connectivity index (χ2n) is 6.98. The second-order valence-corrected chi connectivity index (χ2v) is 7.42. The van der Waals surface area contributed by atoms with Gasteiger partial charge in [-0.15, -0.1) is 12.4 Å². The van der Waals surface area contributed by atoms with Crippen molar-refractivity contribution in [2.24, 2.45) is 0 Å². The number of hydrogen-bond acceptors (Lipinski definition) is 3. The van der Waals surface area contributed by atoms with Crippen molar-refractivity contribution in [3.05, 3.63) is 64.6 Å². The van der Waals surface area contributed by atoms with Gasteiger partial charge in [-0.1, -0.05) is 18.5 Å². The van der Waals surface area contributed by atoms with E-state index in [1.165, 1.54) is 16.8 Å². The molecule has 0 aliphatic carbocycles. The van der Waals surface area contributed by atoms with Crippen LogP contribution in [0.25, 0.3) is 10.9 Å². The number of aromatic nitrogens is 2. The van der Waals surface area contributed by atoms with Crippen LogP contribution in [0.3, 0.4) is 0 Å². The average molecular weight is 422 g/mol. The van der Waals surface area contributed by atoms with E-state index in [9.17, 15) is 9.18 Å². The van der Waals surface area contributed by atoms with Gasteiger partial charge in [-0.25, -0.2) is 4.39 Å². The van der Waals surface area contributed by atoms with Crippen LogP contribution in [0.15, 0.2) is 42.5 Å². The second kappa shape index (κ2) is 8.60. The Hall–Kier alpha value is -1.95. The topological polar surface area (TPSA) is 38.1 Å². The number of carbonyl (C=O) groups is 1. The van der Waals surface area contributed by atoms with Crippen molar-refractivity contribution >= 4 is 40.8 Å². The molecule has 0 saturated carbocycles. The molecule has 1 aliphatic heterocycles. The predicted molar refractivity (Wildman–Crippen MR) is 112 cm³/mol. The van der Waals surface area contributed by atoms with Gasteiger partial charge < -0.3 is 4.90 Å². The van der Waals surface area contributed by atoms with Crippen molar-refractivity contribution < 1.29 is 9.18 Å². The molecule has 7 heteroatoms. The van der Waals surface area contributed by atoms with Gasteiger partial charge in [0.15, 0.2) is 0 Å². The molecule has 2 heterocycles. The molecule has 1 aromatic heterocycles. The van der Waals surface area contributed by atoms with E-state index in [4.69, 9.17) is 11.6 Å². The molecule has 3 aromatic rings. The van der Waals surface area contributed by atoms with Crippen molar-refractivity contribution in [2.45, 2.75) is 25.7 Å². The number of carbonyl (C=O) groups excluding carboxylic acids is 1. The number of halogens is 3. The lowest BCUT2D eigenvalue weighted by Gasteiger charge is -2.30. The molecule has 28 heavy (non-hydrogen) atoms. The fourth-order valence-corrected chi connectivity index (χ4v) is 3.93. The van der Waals surface area contributed by atoms with Crippen LogP contribution in [0, 0.1) is 5.82 Å². The minimum absolute atomic E-state index is 0. The Morgan fingerprint density at radius 2 is 1.86 bits per heavy atom. The molecule has 1 aliphatic rings. The maximum atomic E-state index is 13.9. The number of benzene rings is 2. The fourth-order valence-electron chi connectivity index (χ4n) is 3.81. The van der Waals surface area contributed by atoms with Gasteiger partial charge in [0.25, 0.3) is 5.91 Å². The number of likely N-dealkylation sites (tertiary alicyclic amines) is 1. The molecule has 4 nitrogen and oxygen atoms in total. The van der Waals surface area contributed by atoms with E-state index < -0.39 is 0 Å². The lowest BCUT2D eigenvalue weighted by atomic mass is 9.91. The summed E-state index contributed by atoms with van der Waals surface area (Å²) < 4.78 is 15.2. The van der Waals surface area contributed by atoms with Crippen LogP contribution in [0.5, 0.6) is 0 Å². The Labute approximate surface area is 174 Å². The van der Waals surface area contributed by atoms with Gasteiger partial charge in [-0.2, -0.15) is 9.78 Å². The monoisotopic (exact) mass is 421 g/mol. The van der Waals surface area contributed by atoms with Crippen LogP contribution < -0.4 is 0 Å². The summed E-state index contributed by atoms with van der Waals surface area (Å²) >= 11 is 5.92. The summed E-state index contributed by atoms with van der Waals surface area (Å²) in [6.45, 7) is 5.24. The zero-order chi connectivity index (χ0) is 19.0. The minimum atomic E-state index is -0.375. The quantitative estimate of drug-likeness (QED) is 0.587. The summed E-state index contributed by atoms with van der Waals surface area (Å²) in [4.78, 5) is 15.4. The van der Waals surface area contributed by atoms with E-state index >= 15 is 0 Å². The normalized spacial score (nSPS) is 15.5. The molecule has 0 N–H and O–H groups in total. The van der Waals surface area contributed by atoms with Crippen LogP contribution in [0.4, 0.5) is 4.39 Å². The molecule has 0 unspecified atom stereocenters. The number of hydrogen-bond donors (Lipinski definition) is 0. The van der Waals surface area contributed by atoms with E-state index in [-0.39, 0.29) is 30.0 Å². The van der Waals surface area contributed by atoms with Gasteiger partial charge in [0, 0.05) is 28.0 Å². The van der Waals surface area contributed by atoms with Gasteiger partial charge in [0.2, 0.25) is 0 Å². The molecule has 0 radical (unpaired) electrons. The number of fused-ring (bicyclic) bond motifs is 1. The van der Waals surface area contributed by atoms with Gasteiger partial charge >= 0.3 is 0 Å². The van der Waals surface area contributed by atoms with Crippen LogP contribution >= 0.6 is 24.0 Å². The van der Waals surface area contributed by atoms with E-state index in [0.717, 1.165) is 43.6 Å². The van der Waals surface area contributed by atoms with Crippen LogP contribution in [-0.4, -0.2) is 40.2 Å². The van der Waals surface area contributed by atoms with E-state index in [1.54, 1.807) is 30.3 Å². The fraction of sp³-hybridized carbons (Fsp3) is 0.333. The van der Waals surface area contributed by atoms with E-state index in [0.29, 0.717) is 16.1 Å². The zero-order valence-electron chi connectivity index (χ0n) is 15.6. The average Bonchev–Trinajstić information content (AvgIpc) is 3.06. The predicted octanol–water partition coefficient (Wildman–Crippen LogP) is 5.14. The van der Waals surface area contributed by atoms with Gasteiger partial charge in [0.05, 0.1) is 11.2 Å². The molecule has 148 valence electrons. The molecule has 0 bridgehead atoms. The first-order chi connectivity index (χ1) is 13.1. The number of nitrogens with zero attached hydrogens (tertiary/aromatic N) is 3. The zero-order valence-corrected chi connectivity index (χ0v) is 17.1. The molecule has 1 saturated heterocycles. The lowest BCUT2D eigenvalue weighted by molar-refractivity contribution is 0.0949. The molecule has 0 spiro atoms. The van der Waals surface area contributed by atoms with Crippen molar-refractivity contribution in [1.82, 2.24) is 14.7 Å². The maximum absolute atomic E-state index is 13.9. The van der Waals surface area contributed by atoms with Gasteiger partial charge in [-0.3, -0.25) is 4.79 Å². The summed E-state index contributed by atoms with van der Waals surface area (Å²) in [7, 11) is 0. The van der Waals surface area contributed by atoms with Crippen LogP contribution in [-0.2, 0) is 0 Å². The summed E-state index contributed by atoms with van der Waals surface area (Å²) in [5.41, 5.74) is 1.88. The maximum Gasteiger partial charge on any atom is 0.278 e. The highest BCUT2D eigenvalue weighted by atomic mass is 35.5. The number of piperidine rings is 1. The van der Waals surface area contributed by atoms with Crippen molar-refractivity contribution in [3.8, 4) is 0 Å². The first-order valence-corrected chi connectivity index (χ1v) is 9.65. The van der Waals surface area contributed by atoms with Crippen LogP contribution in [0.1, 0.15) is 41.7 Å². The Balaban J connectivity index is 0.00000225.